The Hall–Kier alpha value is -2.38. The minimum absolute atomic E-state index is 0.0498. The van der Waals surface area contributed by atoms with E-state index < -0.39 is 0 Å². The van der Waals surface area contributed by atoms with Crippen LogP contribution in [0.1, 0.15) is 24.7 Å². The Balaban J connectivity index is 1.43. The average molecular weight is 389 g/mol. The third-order valence-corrected chi connectivity index (χ3v) is 5.26. The van der Waals surface area contributed by atoms with Gasteiger partial charge in [-0.05, 0) is 42.5 Å². The predicted octanol–water partition coefficient (Wildman–Crippen LogP) is 4.86. The summed E-state index contributed by atoms with van der Waals surface area (Å²) in [6, 6.07) is 8.93. The Labute approximate surface area is 159 Å². The minimum Gasteiger partial charge on any atom is -0.420 e. The van der Waals surface area contributed by atoms with Gasteiger partial charge in [-0.25, -0.2) is 4.79 Å². The number of nitrogens with zero attached hydrogens (tertiary/aromatic N) is 3. The first kappa shape index (κ1) is 17.1. The molecule has 134 valence electrons. The smallest absolute Gasteiger partial charge is 0.321 e. The number of hydrogen-bond donors (Lipinski definition) is 1. The van der Waals surface area contributed by atoms with Crippen LogP contribution in [-0.4, -0.2) is 34.2 Å². The predicted molar refractivity (Wildman–Crippen MR) is 102 cm³/mol. The molecule has 3 heterocycles. The molecule has 4 rings (SSSR count). The van der Waals surface area contributed by atoms with Crippen LogP contribution < -0.4 is 5.32 Å². The van der Waals surface area contributed by atoms with Crippen molar-refractivity contribution in [3.05, 3.63) is 52.0 Å². The van der Waals surface area contributed by atoms with E-state index in [-0.39, 0.29) is 11.9 Å². The van der Waals surface area contributed by atoms with Crippen molar-refractivity contribution >= 4 is 34.7 Å². The summed E-state index contributed by atoms with van der Waals surface area (Å²) in [5, 5.41) is 15.8. The first-order valence-corrected chi connectivity index (χ1v) is 9.68. The summed E-state index contributed by atoms with van der Waals surface area (Å²) in [6.45, 7) is 1.26. The van der Waals surface area contributed by atoms with Crippen molar-refractivity contribution in [1.82, 2.24) is 15.1 Å². The van der Waals surface area contributed by atoms with E-state index in [0.717, 1.165) is 18.4 Å². The summed E-state index contributed by atoms with van der Waals surface area (Å²) in [7, 11) is 0. The van der Waals surface area contributed by atoms with Gasteiger partial charge >= 0.3 is 6.03 Å². The Bertz CT molecular complexity index is 896. The molecule has 0 bridgehead atoms. The maximum atomic E-state index is 12.6. The van der Waals surface area contributed by atoms with E-state index in [1.165, 1.54) is 0 Å². The topological polar surface area (TPSA) is 71.3 Å². The molecule has 1 saturated heterocycles. The number of amides is 2. The Morgan fingerprint density at radius 2 is 2.27 bits per heavy atom. The van der Waals surface area contributed by atoms with Gasteiger partial charge in [-0.15, -0.1) is 10.2 Å². The number of urea groups is 1. The van der Waals surface area contributed by atoms with Gasteiger partial charge in [0.25, 0.3) is 0 Å². The molecule has 8 heteroatoms. The number of benzene rings is 1. The fourth-order valence-corrected chi connectivity index (χ4v) is 3.85. The molecular formula is C18H17ClN4O2S. The third kappa shape index (κ3) is 3.73. The number of carbonyl (C=O) groups is 1. The number of aromatic nitrogens is 2. The van der Waals surface area contributed by atoms with Crippen LogP contribution >= 0.6 is 22.9 Å². The fourth-order valence-electron chi connectivity index (χ4n) is 3.03. The zero-order chi connectivity index (χ0) is 17.9. The lowest BCUT2D eigenvalue weighted by Gasteiger charge is -2.31. The van der Waals surface area contributed by atoms with E-state index in [4.69, 9.17) is 16.0 Å². The summed E-state index contributed by atoms with van der Waals surface area (Å²) < 4.78 is 5.84. The Morgan fingerprint density at radius 3 is 3.08 bits per heavy atom. The number of piperidine rings is 1. The summed E-state index contributed by atoms with van der Waals surface area (Å²) in [4.78, 5) is 14.3. The lowest BCUT2D eigenvalue weighted by atomic mass is 9.98. The van der Waals surface area contributed by atoms with E-state index in [1.54, 1.807) is 34.4 Å². The largest absolute Gasteiger partial charge is 0.420 e. The van der Waals surface area contributed by atoms with Crippen LogP contribution in [0.3, 0.4) is 0 Å². The number of halogens is 1. The number of nitrogens with one attached hydrogen (secondary N) is 1. The van der Waals surface area contributed by atoms with Crippen LogP contribution in [-0.2, 0) is 0 Å². The quantitative estimate of drug-likeness (QED) is 0.695. The highest BCUT2D eigenvalue weighted by molar-refractivity contribution is 7.08. The van der Waals surface area contributed by atoms with E-state index in [0.29, 0.717) is 35.6 Å². The fraction of sp³-hybridized carbons (Fsp3) is 0.278. The standard InChI is InChI=1S/C18H17ClN4O2S/c19-14-4-1-5-15(9-14)20-18(24)23-7-2-3-12(10-23)16-21-22-17(25-16)13-6-8-26-11-13/h1,4-6,8-9,11-12H,2-3,7,10H2,(H,20,24)/t12-/m0/s1. The van der Waals surface area contributed by atoms with Gasteiger partial charge in [0.05, 0.1) is 5.92 Å². The SMILES string of the molecule is O=C(Nc1cccc(Cl)c1)N1CCC[C@H](c2nnc(-c3ccsc3)o2)C1. The molecule has 26 heavy (non-hydrogen) atoms. The molecule has 1 N–H and O–H groups in total. The van der Waals surface area contributed by atoms with Crippen molar-refractivity contribution in [3.8, 4) is 11.5 Å². The molecule has 1 fully saturated rings. The van der Waals surface area contributed by atoms with Gasteiger partial charge in [0, 0.05) is 34.7 Å². The number of anilines is 1. The molecule has 0 unspecified atom stereocenters. The average Bonchev–Trinajstić information content (AvgIpc) is 3.33. The maximum absolute atomic E-state index is 12.6. The van der Waals surface area contributed by atoms with Crippen molar-refractivity contribution in [2.75, 3.05) is 18.4 Å². The lowest BCUT2D eigenvalue weighted by molar-refractivity contribution is 0.187. The highest BCUT2D eigenvalue weighted by atomic mass is 35.5. The first-order valence-electron chi connectivity index (χ1n) is 8.36. The Morgan fingerprint density at radius 1 is 1.35 bits per heavy atom. The van der Waals surface area contributed by atoms with E-state index in [9.17, 15) is 4.79 Å². The molecule has 3 aromatic rings. The van der Waals surface area contributed by atoms with Crippen LogP contribution in [0.15, 0.2) is 45.5 Å². The summed E-state index contributed by atoms with van der Waals surface area (Å²) in [5.41, 5.74) is 1.61. The van der Waals surface area contributed by atoms with E-state index in [1.807, 2.05) is 22.9 Å². The van der Waals surface area contributed by atoms with Gasteiger partial charge in [-0.3, -0.25) is 0 Å². The second kappa shape index (κ2) is 7.47. The van der Waals surface area contributed by atoms with Crippen LogP contribution in [0.25, 0.3) is 11.5 Å². The van der Waals surface area contributed by atoms with Crippen LogP contribution in [0.2, 0.25) is 5.02 Å². The normalized spacial score (nSPS) is 17.3. The molecule has 0 radical (unpaired) electrons. The summed E-state index contributed by atoms with van der Waals surface area (Å²) in [5.74, 6) is 1.17. The lowest BCUT2D eigenvalue weighted by Crippen LogP contribution is -2.41. The number of thiophene rings is 1. The second-order valence-corrected chi connectivity index (χ2v) is 7.40. The highest BCUT2D eigenvalue weighted by Crippen LogP contribution is 2.29. The molecule has 0 spiro atoms. The van der Waals surface area contributed by atoms with Gasteiger partial charge in [-0.2, -0.15) is 11.3 Å². The van der Waals surface area contributed by atoms with Gasteiger partial charge < -0.3 is 14.6 Å². The van der Waals surface area contributed by atoms with Gasteiger partial charge in [-0.1, -0.05) is 17.7 Å². The van der Waals surface area contributed by atoms with Gasteiger partial charge in [0.1, 0.15) is 0 Å². The van der Waals surface area contributed by atoms with E-state index >= 15 is 0 Å². The molecule has 1 atom stereocenters. The highest BCUT2D eigenvalue weighted by Gasteiger charge is 2.28. The summed E-state index contributed by atoms with van der Waals surface area (Å²) in [6.07, 6.45) is 1.82. The van der Waals surface area contributed by atoms with Crippen LogP contribution in [0, 0.1) is 0 Å². The monoisotopic (exact) mass is 388 g/mol. The van der Waals surface area contributed by atoms with E-state index in [2.05, 4.69) is 15.5 Å². The number of carbonyl (C=O) groups excluding carboxylic acids is 1. The zero-order valence-electron chi connectivity index (χ0n) is 13.9. The number of likely N-dealkylation sites (tertiary alicyclic amines) is 1. The van der Waals surface area contributed by atoms with Crippen molar-refractivity contribution in [2.24, 2.45) is 0 Å². The number of hydrogen-bond acceptors (Lipinski definition) is 5. The molecule has 2 amide bonds. The molecule has 1 aromatic carbocycles. The van der Waals surface area contributed by atoms with Crippen molar-refractivity contribution < 1.29 is 9.21 Å². The molecular weight excluding hydrogens is 372 g/mol. The third-order valence-electron chi connectivity index (χ3n) is 4.34. The summed E-state index contributed by atoms with van der Waals surface area (Å²) >= 11 is 7.56. The second-order valence-electron chi connectivity index (χ2n) is 6.18. The van der Waals surface area contributed by atoms with Gasteiger partial charge in [0.15, 0.2) is 0 Å². The Kier molecular flexibility index (Phi) is 4.90. The molecule has 2 aromatic heterocycles. The molecule has 1 aliphatic rings. The van der Waals surface area contributed by atoms with Crippen molar-refractivity contribution in [3.63, 3.8) is 0 Å². The maximum Gasteiger partial charge on any atom is 0.321 e. The molecule has 0 saturated carbocycles. The molecule has 1 aliphatic heterocycles. The first-order chi connectivity index (χ1) is 12.7. The van der Waals surface area contributed by atoms with Gasteiger partial charge in [0.2, 0.25) is 11.8 Å². The number of rotatable bonds is 3. The minimum atomic E-state index is -0.144. The van der Waals surface area contributed by atoms with Crippen molar-refractivity contribution in [1.29, 1.82) is 0 Å². The zero-order valence-corrected chi connectivity index (χ0v) is 15.5. The van der Waals surface area contributed by atoms with Crippen molar-refractivity contribution in [2.45, 2.75) is 18.8 Å². The molecule has 6 nitrogen and oxygen atoms in total. The van der Waals surface area contributed by atoms with Crippen LogP contribution in [0.5, 0.6) is 0 Å². The molecule has 0 aliphatic carbocycles. The van der Waals surface area contributed by atoms with Crippen LogP contribution in [0.4, 0.5) is 10.5 Å².